The van der Waals surface area contributed by atoms with Crippen LogP contribution in [0, 0.1) is 11.7 Å². The first-order valence-electron chi connectivity index (χ1n) is 5.73. The van der Waals surface area contributed by atoms with Crippen LogP contribution in [0.2, 0.25) is 5.02 Å². The second-order valence-electron chi connectivity index (χ2n) is 4.36. The van der Waals surface area contributed by atoms with Gasteiger partial charge in [0.1, 0.15) is 0 Å². The fourth-order valence-electron chi connectivity index (χ4n) is 2.18. The van der Waals surface area contributed by atoms with Crippen molar-refractivity contribution in [2.24, 2.45) is 0 Å². The zero-order valence-corrected chi connectivity index (χ0v) is 13.2. The van der Waals surface area contributed by atoms with Crippen LogP contribution in [0.3, 0.4) is 0 Å². The normalized spacial score (nSPS) is 11.1. The number of aryl methyl sites for hydroxylation is 1. The third-order valence-electron chi connectivity index (χ3n) is 3.05. The zero-order valence-electron chi connectivity index (χ0n) is 10.1. The second kappa shape index (κ2) is 4.78. The molecule has 0 atom stereocenters. The number of fused-ring (bicyclic) bond motifs is 1. The van der Waals surface area contributed by atoms with Crippen LogP contribution in [0.4, 0.5) is 0 Å². The molecule has 0 radical (unpaired) electrons. The lowest BCUT2D eigenvalue weighted by atomic mass is 10.2. The Balaban J connectivity index is 2.38. The molecule has 19 heavy (non-hydrogen) atoms. The molecule has 0 aliphatic rings. The lowest BCUT2D eigenvalue weighted by Crippen LogP contribution is -1.96. The van der Waals surface area contributed by atoms with Gasteiger partial charge in [-0.25, -0.2) is 0 Å². The van der Waals surface area contributed by atoms with Crippen LogP contribution in [-0.4, -0.2) is 9.55 Å². The third-order valence-corrected chi connectivity index (χ3v) is 4.06. The summed E-state index contributed by atoms with van der Waals surface area (Å²) >= 11 is 15.0. The van der Waals surface area contributed by atoms with Crippen molar-refractivity contribution < 1.29 is 0 Å². The topological polar surface area (TPSA) is 20.7 Å². The molecule has 1 heterocycles. The van der Waals surface area contributed by atoms with Gasteiger partial charge in [0, 0.05) is 9.50 Å². The molecule has 0 aliphatic heterocycles. The molecule has 3 rings (SSSR count). The van der Waals surface area contributed by atoms with Gasteiger partial charge in [0.2, 0.25) is 0 Å². The second-order valence-corrected chi connectivity index (χ2v) is 6.10. The summed E-state index contributed by atoms with van der Waals surface area (Å²) in [6, 6.07) is 11.8. The lowest BCUT2D eigenvalue weighted by molar-refractivity contribution is 1.05. The summed E-state index contributed by atoms with van der Waals surface area (Å²) in [5.41, 5.74) is 4.17. The number of nitrogens with zero attached hydrogens (tertiary/aromatic N) is 1. The van der Waals surface area contributed by atoms with Gasteiger partial charge in [-0.15, -0.1) is 0 Å². The first kappa shape index (κ1) is 12.9. The number of halogens is 2. The number of H-pyrrole nitrogens is 1. The van der Waals surface area contributed by atoms with Gasteiger partial charge >= 0.3 is 0 Å². The fourth-order valence-corrected chi connectivity index (χ4v) is 3.13. The molecule has 0 unspecified atom stereocenters. The smallest absolute Gasteiger partial charge is 0.182 e. The minimum Gasteiger partial charge on any atom is -0.330 e. The van der Waals surface area contributed by atoms with E-state index in [1.165, 1.54) is 0 Å². The predicted octanol–water partition coefficient (Wildman–Crippen LogP) is 5.41. The predicted molar refractivity (Wildman–Crippen MR) is 85.9 cm³/mol. The molecule has 0 spiro atoms. The maximum atomic E-state index is 6.08. The molecule has 0 amide bonds. The summed E-state index contributed by atoms with van der Waals surface area (Å²) in [7, 11) is 0. The third kappa shape index (κ3) is 2.24. The summed E-state index contributed by atoms with van der Waals surface area (Å²) in [5.74, 6) is 0. The van der Waals surface area contributed by atoms with Crippen molar-refractivity contribution in [2.75, 3.05) is 0 Å². The number of aromatic amines is 1. The van der Waals surface area contributed by atoms with Gasteiger partial charge in [-0.3, -0.25) is 4.57 Å². The Bertz CT molecular complexity index is 835. The molecular formula is C14H10BrClN2S. The molecule has 1 aromatic heterocycles. The van der Waals surface area contributed by atoms with Gasteiger partial charge < -0.3 is 4.98 Å². The minimum absolute atomic E-state index is 0.669. The largest absolute Gasteiger partial charge is 0.330 e. The Hall–Kier alpha value is -1.10. The highest BCUT2D eigenvalue weighted by molar-refractivity contribution is 9.10. The van der Waals surface area contributed by atoms with Crippen LogP contribution in [0.5, 0.6) is 0 Å². The molecule has 96 valence electrons. The van der Waals surface area contributed by atoms with Crippen molar-refractivity contribution in [1.29, 1.82) is 0 Å². The Kier molecular flexibility index (Phi) is 3.25. The van der Waals surface area contributed by atoms with Gasteiger partial charge in [0.25, 0.3) is 0 Å². The first-order chi connectivity index (χ1) is 9.06. The van der Waals surface area contributed by atoms with Crippen molar-refractivity contribution in [2.45, 2.75) is 6.92 Å². The van der Waals surface area contributed by atoms with E-state index in [1.807, 2.05) is 34.9 Å². The number of hydrogen-bond donors (Lipinski definition) is 1. The molecule has 5 heteroatoms. The van der Waals surface area contributed by atoms with E-state index in [0.29, 0.717) is 9.79 Å². The molecule has 0 aliphatic carbocycles. The molecule has 2 aromatic carbocycles. The summed E-state index contributed by atoms with van der Waals surface area (Å²) in [6.07, 6.45) is 0. The average molecular weight is 354 g/mol. The fraction of sp³-hybridized carbons (Fsp3) is 0.0714. The van der Waals surface area contributed by atoms with Crippen molar-refractivity contribution in [3.8, 4) is 5.69 Å². The van der Waals surface area contributed by atoms with E-state index in [1.54, 1.807) is 0 Å². The molecule has 1 N–H and O–H groups in total. The van der Waals surface area contributed by atoms with Gasteiger partial charge in [-0.1, -0.05) is 27.5 Å². The highest BCUT2D eigenvalue weighted by atomic mass is 79.9. The number of aromatic nitrogens is 2. The number of hydrogen-bond acceptors (Lipinski definition) is 1. The number of rotatable bonds is 1. The van der Waals surface area contributed by atoms with E-state index < -0.39 is 0 Å². The van der Waals surface area contributed by atoms with Crippen molar-refractivity contribution in [1.82, 2.24) is 9.55 Å². The SMILES string of the molecule is Cc1cc(Br)ccc1-n1c(=S)[nH]c2ccc(Cl)cc21. The van der Waals surface area contributed by atoms with Gasteiger partial charge in [0.15, 0.2) is 4.77 Å². The average Bonchev–Trinajstić information content (AvgIpc) is 2.65. The Morgan fingerprint density at radius 1 is 1.21 bits per heavy atom. The Morgan fingerprint density at radius 2 is 2.00 bits per heavy atom. The lowest BCUT2D eigenvalue weighted by Gasteiger charge is -2.09. The summed E-state index contributed by atoms with van der Waals surface area (Å²) in [5, 5.41) is 0.699. The summed E-state index contributed by atoms with van der Waals surface area (Å²) in [6.45, 7) is 2.06. The highest BCUT2D eigenvalue weighted by Gasteiger charge is 2.09. The Labute approximate surface area is 129 Å². The van der Waals surface area contributed by atoms with Crippen molar-refractivity contribution in [3.63, 3.8) is 0 Å². The molecule has 0 saturated carbocycles. The van der Waals surface area contributed by atoms with Crippen molar-refractivity contribution >= 4 is 50.8 Å². The van der Waals surface area contributed by atoms with Gasteiger partial charge in [0.05, 0.1) is 16.7 Å². The van der Waals surface area contributed by atoms with E-state index in [9.17, 15) is 0 Å². The Morgan fingerprint density at radius 3 is 2.74 bits per heavy atom. The van der Waals surface area contributed by atoms with Crippen LogP contribution >= 0.6 is 39.7 Å². The monoisotopic (exact) mass is 352 g/mol. The van der Waals surface area contributed by atoms with Crippen LogP contribution < -0.4 is 0 Å². The summed E-state index contributed by atoms with van der Waals surface area (Å²) in [4.78, 5) is 3.20. The van der Waals surface area contributed by atoms with E-state index in [-0.39, 0.29) is 0 Å². The molecule has 0 fully saturated rings. The quantitative estimate of drug-likeness (QED) is 0.580. The van der Waals surface area contributed by atoms with E-state index in [0.717, 1.165) is 26.8 Å². The maximum absolute atomic E-state index is 6.08. The van der Waals surface area contributed by atoms with Crippen molar-refractivity contribution in [3.05, 3.63) is 56.2 Å². The standard InChI is InChI=1S/C14H10BrClN2S/c1-8-6-9(15)2-5-12(8)18-13-7-10(16)3-4-11(13)17-14(18)19/h2-7H,1H3,(H,17,19). The van der Waals surface area contributed by atoms with Crippen LogP contribution in [0.1, 0.15) is 5.56 Å². The van der Waals surface area contributed by atoms with E-state index >= 15 is 0 Å². The number of imidazole rings is 1. The van der Waals surface area contributed by atoms with Gasteiger partial charge in [-0.05, 0) is 61.1 Å². The van der Waals surface area contributed by atoms with Crippen LogP contribution in [-0.2, 0) is 0 Å². The van der Waals surface area contributed by atoms with Crippen LogP contribution in [0.25, 0.3) is 16.7 Å². The molecule has 0 saturated heterocycles. The zero-order chi connectivity index (χ0) is 13.6. The highest BCUT2D eigenvalue weighted by Crippen LogP contribution is 2.26. The summed E-state index contributed by atoms with van der Waals surface area (Å²) < 4.78 is 3.74. The van der Waals surface area contributed by atoms with Gasteiger partial charge in [-0.2, -0.15) is 0 Å². The molecule has 2 nitrogen and oxygen atoms in total. The van der Waals surface area contributed by atoms with Crippen LogP contribution in [0.15, 0.2) is 40.9 Å². The number of nitrogens with one attached hydrogen (secondary N) is 1. The minimum atomic E-state index is 0.669. The van der Waals surface area contributed by atoms with E-state index in [2.05, 4.69) is 33.9 Å². The van der Waals surface area contributed by atoms with E-state index in [4.69, 9.17) is 23.8 Å². The molecule has 0 bridgehead atoms. The molecular weight excluding hydrogens is 344 g/mol. The first-order valence-corrected chi connectivity index (χ1v) is 7.31. The number of benzene rings is 2. The molecule has 3 aromatic rings. The maximum Gasteiger partial charge on any atom is 0.182 e.